The van der Waals surface area contributed by atoms with Crippen LogP contribution < -0.4 is 0 Å². The van der Waals surface area contributed by atoms with Gasteiger partial charge in [0.05, 0.1) is 6.10 Å². The number of allylic oxidation sites excluding steroid dienone is 1. The van der Waals surface area contributed by atoms with Gasteiger partial charge in [0, 0.05) is 0 Å². The van der Waals surface area contributed by atoms with E-state index >= 15 is 0 Å². The van der Waals surface area contributed by atoms with Gasteiger partial charge in [0.25, 0.3) is 0 Å². The maximum atomic E-state index is 9.93. The Bertz CT molecular complexity index is 439. The molecule has 3 saturated carbocycles. The summed E-state index contributed by atoms with van der Waals surface area (Å²) in [6.07, 6.45) is 14.4. The third kappa shape index (κ3) is 2.06. The molecule has 0 heterocycles. The van der Waals surface area contributed by atoms with Gasteiger partial charge in [-0.2, -0.15) is 0 Å². The lowest BCUT2D eigenvalue weighted by Crippen LogP contribution is -2.46. The van der Waals surface area contributed by atoms with Crippen LogP contribution in [0.1, 0.15) is 71.6 Å². The Morgan fingerprint density at radius 3 is 2.76 bits per heavy atom. The second-order valence-electron chi connectivity index (χ2n) is 8.69. The fourth-order valence-corrected chi connectivity index (χ4v) is 7.09. The zero-order valence-electron chi connectivity index (χ0n) is 13.9. The van der Waals surface area contributed by atoms with Gasteiger partial charge in [-0.3, -0.25) is 0 Å². The summed E-state index contributed by atoms with van der Waals surface area (Å²) in [5.41, 5.74) is 2.29. The van der Waals surface area contributed by atoms with Crippen molar-refractivity contribution >= 4 is 0 Å². The summed E-state index contributed by atoms with van der Waals surface area (Å²) in [5.74, 6) is 4.78. The van der Waals surface area contributed by atoms with Gasteiger partial charge in [-0.25, -0.2) is 0 Å². The molecule has 0 radical (unpaired) electrons. The summed E-state index contributed by atoms with van der Waals surface area (Å²) >= 11 is 0. The van der Waals surface area contributed by atoms with Crippen LogP contribution in [0.15, 0.2) is 11.6 Å². The highest BCUT2D eigenvalue weighted by Crippen LogP contribution is 2.64. The van der Waals surface area contributed by atoms with E-state index in [0.717, 1.165) is 36.0 Å². The number of rotatable bonds is 1. The highest BCUT2D eigenvalue weighted by atomic mass is 16.3. The Balaban J connectivity index is 1.60. The highest BCUT2D eigenvalue weighted by Gasteiger charge is 2.55. The smallest absolute Gasteiger partial charge is 0.0723 e. The van der Waals surface area contributed by atoms with Gasteiger partial charge in [0.1, 0.15) is 0 Å². The molecule has 7 atom stereocenters. The van der Waals surface area contributed by atoms with Crippen molar-refractivity contribution in [1.29, 1.82) is 0 Å². The molecule has 7 unspecified atom stereocenters. The molecule has 1 N–H and O–H groups in total. The molecule has 3 fully saturated rings. The average molecular weight is 288 g/mol. The molecule has 21 heavy (non-hydrogen) atoms. The van der Waals surface area contributed by atoms with Crippen molar-refractivity contribution in [2.24, 2.45) is 35.0 Å². The molecule has 0 aromatic rings. The first-order valence-electron chi connectivity index (χ1n) is 9.52. The molecular weight excluding hydrogens is 256 g/mol. The molecule has 4 aliphatic carbocycles. The van der Waals surface area contributed by atoms with Crippen LogP contribution in [0.5, 0.6) is 0 Å². The summed E-state index contributed by atoms with van der Waals surface area (Å²) < 4.78 is 0. The molecule has 0 spiro atoms. The number of aliphatic hydroxyl groups is 1. The number of hydrogen-bond acceptors (Lipinski definition) is 1. The predicted molar refractivity (Wildman–Crippen MR) is 86.9 cm³/mol. The lowest BCUT2D eigenvalue weighted by molar-refractivity contribution is -0.0250. The Morgan fingerprint density at radius 2 is 1.95 bits per heavy atom. The van der Waals surface area contributed by atoms with Gasteiger partial charge in [-0.05, 0) is 86.4 Å². The molecule has 0 aromatic heterocycles. The van der Waals surface area contributed by atoms with Crippen molar-refractivity contribution in [3.63, 3.8) is 0 Å². The van der Waals surface area contributed by atoms with Gasteiger partial charge in [0.2, 0.25) is 0 Å². The minimum atomic E-state index is -0.141. The largest absolute Gasteiger partial charge is 0.389 e. The summed E-state index contributed by atoms with van der Waals surface area (Å²) in [6, 6.07) is 0. The van der Waals surface area contributed by atoms with Gasteiger partial charge in [-0.15, -0.1) is 0 Å². The van der Waals surface area contributed by atoms with E-state index in [4.69, 9.17) is 0 Å². The quantitative estimate of drug-likeness (QED) is 0.677. The molecule has 0 aliphatic heterocycles. The van der Waals surface area contributed by atoms with E-state index in [1.54, 1.807) is 5.57 Å². The third-order valence-corrected chi connectivity index (χ3v) is 8.12. The maximum Gasteiger partial charge on any atom is 0.0723 e. The second-order valence-corrected chi connectivity index (χ2v) is 8.69. The highest BCUT2D eigenvalue weighted by molar-refractivity contribution is 5.19. The fraction of sp³-hybridized carbons (Fsp3) is 0.900. The van der Waals surface area contributed by atoms with Gasteiger partial charge in [-0.1, -0.05) is 31.9 Å². The van der Waals surface area contributed by atoms with Gasteiger partial charge >= 0.3 is 0 Å². The first-order chi connectivity index (χ1) is 10.1. The monoisotopic (exact) mass is 288 g/mol. The molecule has 0 aromatic carbocycles. The zero-order valence-corrected chi connectivity index (χ0v) is 13.9. The van der Waals surface area contributed by atoms with Crippen LogP contribution >= 0.6 is 0 Å². The van der Waals surface area contributed by atoms with Crippen LogP contribution in [0.3, 0.4) is 0 Å². The molecule has 118 valence electrons. The second kappa shape index (κ2) is 5.11. The van der Waals surface area contributed by atoms with E-state index in [1.165, 1.54) is 51.4 Å². The van der Waals surface area contributed by atoms with E-state index in [0.29, 0.717) is 5.41 Å². The SMILES string of the molecule is CCC1CCC2C3CCC4=CC(O)CCC4C3CCC12C. The van der Waals surface area contributed by atoms with Crippen LogP contribution in [0.4, 0.5) is 0 Å². The standard InChI is InChI=1S/C20H32O/c1-3-14-5-9-19-18-7-4-13-12-15(21)6-8-16(13)17(18)10-11-20(14,19)2/h12,14-19,21H,3-11H2,1-2H3. The van der Waals surface area contributed by atoms with Crippen molar-refractivity contribution in [2.75, 3.05) is 0 Å². The van der Waals surface area contributed by atoms with Crippen molar-refractivity contribution in [3.8, 4) is 0 Å². The van der Waals surface area contributed by atoms with E-state index in [2.05, 4.69) is 19.9 Å². The minimum absolute atomic E-state index is 0.141. The predicted octanol–water partition coefficient (Wildman–Crippen LogP) is 4.95. The summed E-state index contributed by atoms with van der Waals surface area (Å²) in [5, 5.41) is 9.93. The van der Waals surface area contributed by atoms with Crippen LogP contribution in [0.2, 0.25) is 0 Å². The summed E-state index contributed by atoms with van der Waals surface area (Å²) in [6.45, 7) is 5.04. The molecule has 1 heteroatoms. The molecule has 1 nitrogen and oxygen atoms in total. The first kappa shape index (κ1) is 14.3. The Kier molecular flexibility index (Phi) is 3.48. The molecule has 4 rings (SSSR count). The van der Waals surface area contributed by atoms with Crippen molar-refractivity contribution in [1.82, 2.24) is 0 Å². The van der Waals surface area contributed by atoms with Crippen LogP contribution in [-0.4, -0.2) is 11.2 Å². The first-order valence-corrected chi connectivity index (χ1v) is 9.52. The Labute approximate surface area is 130 Å². The Hall–Kier alpha value is -0.300. The lowest BCUT2D eigenvalue weighted by Gasteiger charge is -2.54. The lowest BCUT2D eigenvalue weighted by atomic mass is 9.51. The summed E-state index contributed by atoms with van der Waals surface area (Å²) in [7, 11) is 0. The topological polar surface area (TPSA) is 20.2 Å². The molecule has 0 bridgehead atoms. The van der Waals surface area contributed by atoms with E-state index < -0.39 is 0 Å². The normalized spacial score (nSPS) is 52.6. The van der Waals surface area contributed by atoms with E-state index in [1.807, 2.05) is 0 Å². The number of aliphatic hydroxyl groups excluding tert-OH is 1. The van der Waals surface area contributed by atoms with Crippen LogP contribution in [-0.2, 0) is 0 Å². The fourth-order valence-electron chi connectivity index (χ4n) is 7.09. The molecular formula is C20H32O. The van der Waals surface area contributed by atoms with Crippen molar-refractivity contribution in [3.05, 3.63) is 11.6 Å². The zero-order chi connectivity index (χ0) is 14.6. The molecule has 4 aliphatic rings. The van der Waals surface area contributed by atoms with E-state index in [-0.39, 0.29) is 6.10 Å². The minimum Gasteiger partial charge on any atom is -0.389 e. The van der Waals surface area contributed by atoms with Crippen LogP contribution in [0, 0.1) is 35.0 Å². The van der Waals surface area contributed by atoms with Gasteiger partial charge < -0.3 is 5.11 Å². The van der Waals surface area contributed by atoms with Gasteiger partial charge in [0.15, 0.2) is 0 Å². The molecule has 0 saturated heterocycles. The average Bonchev–Trinajstić information content (AvgIpc) is 2.83. The van der Waals surface area contributed by atoms with Crippen molar-refractivity contribution < 1.29 is 5.11 Å². The Morgan fingerprint density at radius 1 is 1.10 bits per heavy atom. The van der Waals surface area contributed by atoms with Crippen LogP contribution in [0.25, 0.3) is 0 Å². The number of hydrogen-bond donors (Lipinski definition) is 1. The summed E-state index contributed by atoms with van der Waals surface area (Å²) in [4.78, 5) is 0. The van der Waals surface area contributed by atoms with E-state index in [9.17, 15) is 5.11 Å². The number of fused-ring (bicyclic) bond motifs is 5. The third-order valence-electron chi connectivity index (χ3n) is 8.12. The maximum absolute atomic E-state index is 9.93. The van der Waals surface area contributed by atoms with Crippen molar-refractivity contribution in [2.45, 2.75) is 77.7 Å². The molecule has 0 amide bonds.